The van der Waals surface area contributed by atoms with E-state index in [1.165, 1.54) is 16.3 Å². The summed E-state index contributed by atoms with van der Waals surface area (Å²) in [7, 11) is 0. The van der Waals surface area contributed by atoms with Gasteiger partial charge in [0.05, 0.1) is 6.54 Å². The van der Waals surface area contributed by atoms with E-state index >= 15 is 0 Å². The zero-order valence-electron chi connectivity index (χ0n) is 13.0. The number of piperazine rings is 1. The van der Waals surface area contributed by atoms with E-state index < -0.39 is 0 Å². The normalized spacial score (nSPS) is 18.4. The molecule has 22 heavy (non-hydrogen) atoms. The molecule has 0 radical (unpaired) electrons. The van der Waals surface area contributed by atoms with Crippen LogP contribution in [0.25, 0.3) is 10.8 Å². The minimum absolute atomic E-state index is 0.240. The monoisotopic (exact) mass is 297 g/mol. The Bertz CT molecular complexity index is 657. The predicted octanol–water partition coefficient (Wildman–Crippen LogP) is 2.00. The van der Waals surface area contributed by atoms with Crippen LogP contribution in [0.3, 0.4) is 0 Å². The molecular weight excluding hydrogens is 274 g/mol. The van der Waals surface area contributed by atoms with Crippen LogP contribution in [0.1, 0.15) is 18.5 Å². The summed E-state index contributed by atoms with van der Waals surface area (Å²) < 4.78 is 0. The van der Waals surface area contributed by atoms with Crippen LogP contribution in [0.2, 0.25) is 0 Å². The first-order chi connectivity index (χ1) is 10.6. The molecule has 1 aliphatic heterocycles. The van der Waals surface area contributed by atoms with E-state index in [9.17, 15) is 4.79 Å². The second-order valence-corrected chi connectivity index (χ2v) is 6.02. The highest BCUT2D eigenvalue weighted by atomic mass is 16.1. The third-order valence-electron chi connectivity index (χ3n) is 4.61. The zero-order chi connectivity index (χ0) is 15.5. The zero-order valence-corrected chi connectivity index (χ0v) is 13.0. The molecule has 1 aliphatic rings. The van der Waals surface area contributed by atoms with Crippen molar-refractivity contribution in [1.29, 1.82) is 0 Å². The summed E-state index contributed by atoms with van der Waals surface area (Å²) in [6, 6.07) is 15.4. The molecule has 0 aromatic heterocycles. The van der Waals surface area contributed by atoms with Gasteiger partial charge in [-0.15, -0.1) is 0 Å². The summed E-state index contributed by atoms with van der Waals surface area (Å²) in [5, 5.41) is 2.62. The lowest BCUT2D eigenvalue weighted by Crippen LogP contribution is -2.49. The van der Waals surface area contributed by atoms with Gasteiger partial charge in [0.15, 0.2) is 0 Å². The topological polar surface area (TPSA) is 49.6 Å². The number of nitrogens with two attached hydrogens (primary N) is 1. The third-order valence-corrected chi connectivity index (χ3v) is 4.61. The average molecular weight is 297 g/mol. The van der Waals surface area contributed by atoms with Crippen molar-refractivity contribution < 1.29 is 4.79 Å². The molecule has 116 valence electrons. The number of fused-ring (bicyclic) bond motifs is 1. The molecule has 3 rings (SSSR count). The first-order valence-corrected chi connectivity index (χ1v) is 7.87. The maximum absolute atomic E-state index is 11.0. The van der Waals surface area contributed by atoms with Gasteiger partial charge in [0, 0.05) is 32.2 Å². The number of hydrogen-bond donors (Lipinski definition) is 1. The number of benzene rings is 2. The van der Waals surface area contributed by atoms with Gasteiger partial charge in [-0.1, -0.05) is 42.5 Å². The lowest BCUT2D eigenvalue weighted by atomic mass is 9.98. The standard InChI is InChI=1S/C18H23N3O/c1-14(21-11-9-20(10-12-21)13-18(19)22)16-8-4-6-15-5-2-3-7-17(15)16/h2-8,14H,9-13H2,1H3,(H2,19,22). The number of hydrogen-bond acceptors (Lipinski definition) is 3. The molecule has 1 unspecified atom stereocenters. The number of carbonyl (C=O) groups excluding carboxylic acids is 1. The fraction of sp³-hybridized carbons (Fsp3) is 0.389. The molecule has 4 heteroatoms. The highest BCUT2D eigenvalue weighted by Crippen LogP contribution is 2.28. The summed E-state index contributed by atoms with van der Waals surface area (Å²) in [5.41, 5.74) is 6.65. The molecule has 1 saturated heterocycles. The van der Waals surface area contributed by atoms with Gasteiger partial charge in [-0.25, -0.2) is 0 Å². The summed E-state index contributed by atoms with van der Waals surface area (Å²) in [6.45, 7) is 6.38. The maximum Gasteiger partial charge on any atom is 0.231 e. The predicted molar refractivity (Wildman–Crippen MR) is 89.6 cm³/mol. The van der Waals surface area contributed by atoms with Crippen molar-refractivity contribution in [2.24, 2.45) is 5.73 Å². The summed E-state index contributed by atoms with van der Waals surface area (Å²) in [5.74, 6) is -0.240. The maximum atomic E-state index is 11.0. The molecule has 1 amide bonds. The smallest absolute Gasteiger partial charge is 0.231 e. The second kappa shape index (κ2) is 6.46. The summed E-state index contributed by atoms with van der Waals surface area (Å²) in [4.78, 5) is 15.6. The van der Waals surface area contributed by atoms with E-state index in [0.29, 0.717) is 12.6 Å². The van der Waals surface area contributed by atoms with Crippen LogP contribution in [0.15, 0.2) is 42.5 Å². The van der Waals surface area contributed by atoms with Gasteiger partial charge in [0.25, 0.3) is 0 Å². The van der Waals surface area contributed by atoms with Gasteiger partial charge in [-0.3, -0.25) is 14.6 Å². The van der Waals surface area contributed by atoms with E-state index in [-0.39, 0.29) is 5.91 Å². The molecule has 0 spiro atoms. The largest absolute Gasteiger partial charge is 0.369 e. The SMILES string of the molecule is CC(c1cccc2ccccc12)N1CCN(CC(N)=O)CC1. The van der Waals surface area contributed by atoms with Gasteiger partial charge in [-0.2, -0.15) is 0 Å². The lowest BCUT2D eigenvalue weighted by Gasteiger charge is -2.38. The van der Waals surface area contributed by atoms with Crippen LogP contribution in [-0.2, 0) is 4.79 Å². The Morgan fingerprint density at radius 2 is 1.77 bits per heavy atom. The highest BCUT2D eigenvalue weighted by molar-refractivity contribution is 5.86. The van der Waals surface area contributed by atoms with Crippen molar-refractivity contribution >= 4 is 16.7 Å². The number of amides is 1. The average Bonchev–Trinajstić information content (AvgIpc) is 2.54. The first kappa shape index (κ1) is 15.0. The minimum Gasteiger partial charge on any atom is -0.369 e. The molecular formula is C18H23N3O. The van der Waals surface area contributed by atoms with Crippen molar-refractivity contribution in [3.8, 4) is 0 Å². The quantitative estimate of drug-likeness (QED) is 0.939. The van der Waals surface area contributed by atoms with Crippen LogP contribution in [0.5, 0.6) is 0 Å². The Morgan fingerprint density at radius 3 is 2.50 bits per heavy atom. The van der Waals surface area contributed by atoms with Crippen LogP contribution in [0, 0.1) is 0 Å². The Balaban J connectivity index is 1.74. The second-order valence-electron chi connectivity index (χ2n) is 6.02. The fourth-order valence-corrected chi connectivity index (χ4v) is 3.34. The molecule has 1 atom stereocenters. The van der Waals surface area contributed by atoms with E-state index in [4.69, 9.17) is 5.73 Å². The van der Waals surface area contributed by atoms with Crippen molar-refractivity contribution in [3.63, 3.8) is 0 Å². The van der Waals surface area contributed by atoms with Crippen LogP contribution in [-0.4, -0.2) is 48.4 Å². The minimum atomic E-state index is -0.240. The van der Waals surface area contributed by atoms with Crippen molar-refractivity contribution in [2.45, 2.75) is 13.0 Å². The van der Waals surface area contributed by atoms with Gasteiger partial charge in [0.1, 0.15) is 0 Å². The molecule has 0 saturated carbocycles. The summed E-state index contributed by atoms with van der Waals surface area (Å²) >= 11 is 0. The molecule has 2 aromatic rings. The highest BCUT2D eigenvalue weighted by Gasteiger charge is 2.23. The van der Waals surface area contributed by atoms with E-state index in [0.717, 1.165) is 26.2 Å². The van der Waals surface area contributed by atoms with Gasteiger partial charge in [0.2, 0.25) is 5.91 Å². The van der Waals surface area contributed by atoms with Crippen molar-refractivity contribution in [3.05, 3.63) is 48.0 Å². The molecule has 2 N–H and O–H groups in total. The Hall–Kier alpha value is -1.91. The van der Waals surface area contributed by atoms with Crippen molar-refractivity contribution in [2.75, 3.05) is 32.7 Å². The van der Waals surface area contributed by atoms with Gasteiger partial charge in [-0.05, 0) is 23.3 Å². The number of nitrogens with zero attached hydrogens (tertiary/aromatic N) is 2. The Kier molecular flexibility index (Phi) is 4.41. The van der Waals surface area contributed by atoms with E-state index in [1.54, 1.807) is 0 Å². The number of rotatable bonds is 4. The van der Waals surface area contributed by atoms with E-state index in [2.05, 4.69) is 59.2 Å². The molecule has 4 nitrogen and oxygen atoms in total. The van der Waals surface area contributed by atoms with Crippen molar-refractivity contribution in [1.82, 2.24) is 9.80 Å². The van der Waals surface area contributed by atoms with Crippen LogP contribution >= 0.6 is 0 Å². The van der Waals surface area contributed by atoms with Crippen LogP contribution in [0.4, 0.5) is 0 Å². The Morgan fingerprint density at radius 1 is 1.09 bits per heavy atom. The van der Waals surface area contributed by atoms with E-state index in [1.807, 2.05) is 0 Å². The summed E-state index contributed by atoms with van der Waals surface area (Å²) in [6.07, 6.45) is 0. The fourth-order valence-electron chi connectivity index (χ4n) is 3.34. The third kappa shape index (κ3) is 3.13. The molecule has 1 heterocycles. The molecule has 1 fully saturated rings. The lowest BCUT2D eigenvalue weighted by molar-refractivity contribution is -0.119. The van der Waals surface area contributed by atoms with Crippen LogP contribution < -0.4 is 5.73 Å². The molecule has 0 bridgehead atoms. The van der Waals surface area contributed by atoms with Gasteiger partial charge >= 0.3 is 0 Å². The first-order valence-electron chi connectivity index (χ1n) is 7.87. The Labute approximate surface area is 131 Å². The molecule has 0 aliphatic carbocycles. The molecule has 2 aromatic carbocycles. The number of primary amides is 1. The van der Waals surface area contributed by atoms with Gasteiger partial charge < -0.3 is 5.73 Å². The number of carbonyl (C=O) groups is 1.